The molecule has 0 amide bonds. The molecule has 2 rings (SSSR count). The number of fused-ring (bicyclic) bond motifs is 1. The first kappa shape index (κ1) is 13.4. The highest BCUT2D eigenvalue weighted by atomic mass is 32.2. The minimum absolute atomic E-state index is 0.323. The SMILES string of the molecule is CN1CCn2nc(/C=N/[S@](=O)C(C)(C)C)cc2C1. The van der Waals surface area contributed by atoms with Crippen molar-refractivity contribution < 1.29 is 4.21 Å². The van der Waals surface area contributed by atoms with Gasteiger partial charge in [0.1, 0.15) is 16.7 Å². The molecule has 1 aromatic heterocycles. The Morgan fingerprint density at radius 2 is 2.17 bits per heavy atom. The Labute approximate surface area is 110 Å². The maximum absolute atomic E-state index is 11.8. The number of hydrogen-bond acceptors (Lipinski definition) is 3. The van der Waals surface area contributed by atoms with Crippen molar-refractivity contribution in [3.63, 3.8) is 0 Å². The highest BCUT2D eigenvalue weighted by Crippen LogP contribution is 2.14. The molecular formula is C12H20N4OS. The number of likely N-dealkylation sites (N-methyl/N-ethyl adjacent to an activating group) is 1. The lowest BCUT2D eigenvalue weighted by atomic mass is 10.3. The Morgan fingerprint density at radius 1 is 1.44 bits per heavy atom. The first-order chi connectivity index (χ1) is 8.36. The van der Waals surface area contributed by atoms with Gasteiger partial charge < -0.3 is 0 Å². The number of aromatic nitrogens is 2. The van der Waals surface area contributed by atoms with Crippen molar-refractivity contribution in [1.82, 2.24) is 14.7 Å². The fraction of sp³-hybridized carbons (Fsp3) is 0.667. The summed E-state index contributed by atoms with van der Waals surface area (Å²) in [6, 6.07) is 2.01. The summed E-state index contributed by atoms with van der Waals surface area (Å²) in [6.07, 6.45) is 1.62. The van der Waals surface area contributed by atoms with Gasteiger partial charge in [-0.3, -0.25) is 9.58 Å². The van der Waals surface area contributed by atoms with Crippen LogP contribution in [0.5, 0.6) is 0 Å². The van der Waals surface area contributed by atoms with E-state index in [0.29, 0.717) is 0 Å². The molecule has 100 valence electrons. The Morgan fingerprint density at radius 3 is 2.83 bits per heavy atom. The summed E-state index contributed by atoms with van der Waals surface area (Å²) in [5.41, 5.74) is 1.98. The average Bonchev–Trinajstić information content (AvgIpc) is 2.66. The van der Waals surface area contributed by atoms with Crippen LogP contribution in [0.4, 0.5) is 0 Å². The van der Waals surface area contributed by atoms with Crippen molar-refractivity contribution in [2.75, 3.05) is 13.6 Å². The molecule has 0 fully saturated rings. The van der Waals surface area contributed by atoms with Crippen LogP contribution in [0.15, 0.2) is 10.5 Å². The predicted molar refractivity (Wildman–Crippen MR) is 74.1 cm³/mol. The lowest BCUT2D eigenvalue weighted by molar-refractivity contribution is 0.259. The van der Waals surface area contributed by atoms with Crippen LogP contribution in [0.1, 0.15) is 32.2 Å². The molecule has 0 spiro atoms. The van der Waals surface area contributed by atoms with Crippen molar-refractivity contribution in [2.24, 2.45) is 4.40 Å². The van der Waals surface area contributed by atoms with E-state index in [0.717, 1.165) is 25.3 Å². The Hall–Kier alpha value is -1.01. The summed E-state index contributed by atoms with van der Waals surface area (Å²) in [4.78, 5) is 2.26. The van der Waals surface area contributed by atoms with Crippen molar-refractivity contribution >= 4 is 17.2 Å². The molecule has 1 aliphatic heterocycles. The van der Waals surface area contributed by atoms with E-state index < -0.39 is 11.0 Å². The lowest BCUT2D eigenvalue weighted by Gasteiger charge is -2.22. The second-order valence-corrected chi connectivity index (χ2v) is 7.55. The fourth-order valence-electron chi connectivity index (χ4n) is 1.74. The van der Waals surface area contributed by atoms with Crippen LogP contribution in [-0.4, -0.2) is 43.4 Å². The van der Waals surface area contributed by atoms with Gasteiger partial charge in [-0.25, -0.2) is 4.21 Å². The van der Waals surface area contributed by atoms with Crippen LogP contribution in [0.2, 0.25) is 0 Å². The monoisotopic (exact) mass is 268 g/mol. The Bertz CT molecular complexity index is 487. The quantitative estimate of drug-likeness (QED) is 0.758. The second kappa shape index (κ2) is 4.93. The normalized spacial score (nSPS) is 19.1. The zero-order valence-corrected chi connectivity index (χ0v) is 12.2. The first-order valence-electron chi connectivity index (χ1n) is 6.07. The van der Waals surface area contributed by atoms with Gasteiger partial charge in [0, 0.05) is 13.1 Å². The molecule has 0 saturated heterocycles. The molecule has 2 heterocycles. The van der Waals surface area contributed by atoms with Crippen LogP contribution >= 0.6 is 0 Å². The Balaban J connectivity index is 2.12. The molecule has 0 unspecified atom stereocenters. The van der Waals surface area contributed by atoms with Gasteiger partial charge in [-0.2, -0.15) is 9.50 Å². The van der Waals surface area contributed by atoms with E-state index in [9.17, 15) is 4.21 Å². The molecule has 1 aromatic rings. The topological polar surface area (TPSA) is 50.5 Å². The maximum atomic E-state index is 11.8. The van der Waals surface area contributed by atoms with Crippen LogP contribution < -0.4 is 0 Å². The van der Waals surface area contributed by atoms with Gasteiger partial charge in [0.2, 0.25) is 0 Å². The van der Waals surface area contributed by atoms with Crippen LogP contribution in [0, 0.1) is 0 Å². The van der Waals surface area contributed by atoms with Gasteiger partial charge in [-0.05, 0) is 33.9 Å². The highest BCUT2D eigenvalue weighted by molar-refractivity contribution is 7.85. The third kappa shape index (κ3) is 3.05. The zero-order chi connectivity index (χ0) is 13.3. The zero-order valence-electron chi connectivity index (χ0n) is 11.4. The molecule has 0 radical (unpaired) electrons. The summed E-state index contributed by atoms with van der Waals surface area (Å²) < 4.78 is 17.6. The van der Waals surface area contributed by atoms with Gasteiger partial charge >= 0.3 is 0 Å². The summed E-state index contributed by atoms with van der Waals surface area (Å²) in [6.45, 7) is 8.55. The smallest absolute Gasteiger partial charge is 0.144 e. The van der Waals surface area contributed by atoms with E-state index in [1.807, 2.05) is 31.5 Å². The molecule has 0 saturated carbocycles. The van der Waals surface area contributed by atoms with Crippen molar-refractivity contribution in [3.8, 4) is 0 Å². The second-order valence-electron chi connectivity index (χ2n) is 5.62. The predicted octanol–water partition coefficient (Wildman–Crippen LogP) is 1.21. The minimum atomic E-state index is -1.22. The molecule has 5 nitrogen and oxygen atoms in total. The van der Waals surface area contributed by atoms with E-state index in [2.05, 4.69) is 21.4 Å². The highest BCUT2D eigenvalue weighted by Gasteiger charge is 2.19. The molecule has 18 heavy (non-hydrogen) atoms. The van der Waals surface area contributed by atoms with Crippen molar-refractivity contribution in [2.45, 2.75) is 38.6 Å². The molecule has 0 bridgehead atoms. The van der Waals surface area contributed by atoms with Crippen LogP contribution in [0.3, 0.4) is 0 Å². The van der Waals surface area contributed by atoms with E-state index >= 15 is 0 Å². The minimum Gasteiger partial charge on any atom is -0.299 e. The van der Waals surface area contributed by atoms with Crippen molar-refractivity contribution in [1.29, 1.82) is 0 Å². The molecular weight excluding hydrogens is 248 g/mol. The van der Waals surface area contributed by atoms with Gasteiger partial charge in [0.05, 0.1) is 23.2 Å². The summed E-state index contributed by atoms with van der Waals surface area (Å²) in [7, 11) is 0.875. The third-order valence-corrected chi connectivity index (χ3v) is 4.16. The molecule has 0 aliphatic carbocycles. The summed E-state index contributed by atoms with van der Waals surface area (Å²) in [5.74, 6) is 0. The summed E-state index contributed by atoms with van der Waals surface area (Å²) in [5, 5.41) is 4.45. The summed E-state index contributed by atoms with van der Waals surface area (Å²) >= 11 is 0. The molecule has 0 aromatic carbocycles. The molecule has 1 atom stereocenters. The molecule has 6 heteroatoms. The Kier molecular flexibility index (Phi) is 3.68. The van der Waals surface area contributed by atoms with E-state index in [4.69, 9.17) is 0 Å². The van der Waals surface area contributed by atoms with E-state index in [1.54, 1.807) is 6.21 Å². The van der Waals surface area contributed by atoms with Crippen LogP contribution in [-0.2, 0) is 24.1 Å². The van der Waals surface area contributed by atoms with E-state index in [-0.39, 0.29) is 4.75 Å². The van der Waals surface area contributed by atoms with Crippen molar-refractivity contribution in [3.05, 3.63) is 17.5 Å². The average molecular weight is 268 g/mol. The number of nitrogens with zero attached hydrogens (tertiary/aromatic N) is 4. The van der Waals surface area contributed by atoms with E-state index in [1.165, 1.54) is 5.69 Å². The largest absolute Gasteiger partial charge is 0.299 e. The number of hydrogen-bond donors (Lipinski definition) is 0. The third-order valence-electron chi connectivity index (χ3n) is 2.81. The lowest BCUT2D eigenvalue weighted by Crippen LogP contribution is -2.30. The molecule has 1 aliphatic rings. The maximum Gasteiger partial charge on any atom is 0.144 e. The first-order valence-corrected chi connectivity index (χ1v) is 7.18. The van der Waals surface area contributed by atoms with Gasteiger partial charge in [0.25, 0.3) is 0 Å². The van der Waals surface area contributed by atoms with Gasteiger partial charge in [-0.15, -0.1) is 0 Å². The van der Waals surface area contributed by atoms with Crippen LogP contribution in [0.25, 0.3) is 0 Å². The molecule has 0 N–H and O–H groups in total. The van der Waals surface area contributed by atoms with Gasteiger partial charge in [0.15, 0.2) is 0 Å². The fourth-order valence-corrected chi connectivity index (χ4v) is 2.26. The standard InChI is InChI=1S/C12H20N4OS/c1-12(2,3)18(17)13-8-10-7-11-9-15(4)5-6-16(11)14-10/h7-8H,5-6,9H2,1-4H3/b13-8+/t18-/m1/s1. The van der Waals surface area contributed by atoms with Gasteiger partial charge in [-0.1, -0.05) is 0 Å². The number of rotatable bonds is 2.